The zero-order valence-electron chi connectivity index (χ0n) is 26.2. The number of alkyl carbamates (subject to hydrolysis) is 1. The van der Waals surface area contributed by atoms with Gasteiger partial charge in [0.05, 0.1) is 23.3 Å². The number of likely N-dealkylation sites (tertiary alicyclic amines) is 1. The standard InChI is InChI=1S/C35H41FN6O3/c1-35(2,3)45-34(44)39-30-23-10-11-28(30)41(19-23)33(43)24-12-25(36)31-26(13-24)38-32(42(31)18-21-15-37-16-21)29-14-22-6-4-5-7-27(22)40(29)17-20-8-9-20/h4-7,12-14,20-21,23,28,30,37H,8-11,15-19H2,1-3H3,(H,39,44)/t23?,28?,30-/m1/s1. The minimum Gasteiger partial charge on any atom is -0.444 e. The fraction of sp³-hybridized carbons (Fsp3) is 0.514. The molecule has 4 fully saturated rings. The molecular formula is C35H41FN6O3. The van der Waals surface area contributed by atoms with Gasteiger partial charge in [-0.1, -0.05) is 18.2 Å². The van der Waals surface area contributed by atoms with Crippen molar-refractivity contribution in [3.63, 3.8) is 0 Å². The Balaban J connectivity index is 1.15. The number of para-hydroxylation sites is 1. The van der Waals surface area contributed by atoms with Crippen LogP contribution in [0.15, 0.2) is 42.5 Å². The highest BCUT2D eigenvalue weighted by Gasteiger charge is 2.50. The van der Waals surface area contributed by atoms with Crippen molar-refractivity contribution in [3.8, 4) is 11.5 Å². The second-order valence-electron chi connectivity index (χ2n) is 14.6. The van der Waals surface area contributed by atoms with Gasteiger partial charge in [0.15, 0.2) is 5.82 Å². The second kappa shape index (κ2) is 10.6. The summed E-state index contributed by atoms with van der Waals surface area (Å²) in [6, 6.07) is 13.4. The molecule has 4 aliphatic rings. The van der Waals surface area contributed by atoms with Gasteiger partial charge in [0.2, 0.25) is 0 Å². The first-order valence-electron chi connectivity index (χ1n) is 16.4. The van der Waals surface area contributed by atoms with E-state index in [9.17, 15) is 9.59 Å². The highest BCUT2D eigenvalue weighted by molar-refractivity contribution is 5.99. The van der Waals surface area contributed by atoms with E-state index in [1.54, 1.807) is 6.07 Å². The van der Waals surface area contributed by atoms with E-state index in [4.69, 9.17) is 9.72 Å². The topological polar surface area (TPSA) is 93.4 Å². The molecule has 236 valence electrons. The van der Waals surface area contributed by atoms with E-state index in [-0.39, 0.29) is 23.9 Å². The summed E-state index contributed by atoms with van der Waals surface area (Å²) in [6.45, 7) is 9.37. The molecule has 2 aromatic carbocycles. The van der Waals surface area contributed by atoms with Crippen LogP contribution in [0, 0.1) is 23.6 Å². The molecule has 3 atom stereocenters. The van der Waals surface area contributed by atoms with Crippen molar-refractivity contribution in [1.82, 2.24) is 29.7 Å². The molecule has 2 N–H and O–H groups in total. The van der Waals surface area contributed by atoms with Gasteiger partial charge >= 0.3 is 6.09 Å². The maximum Gasteiger partial charge on any atom is 0.407 e. The zero-order chi connectivity index (χ0) is 31.0. The zero-order valence-corrected chi connectivity index (χ0v) is 26.2. The summed E-state index contributed by atoms with van der Waals surface area (Å²) in [6.07, 6.45) is 3.71. The van der Waals surface area contributed by atoms with Crippen LogP contribution in [0.4, 0.5) is 9.18 Å². The van der Waals surface area contributed by atoms with Crippen LogP contribution in [0.3, 0.4) is 0 Å². The molecule has 0 radical (unpaired) electrons. The van der Waals surface area contributed by atoms with E-state index in [0.29, 0.717) is 41.5 Å². The first kappa shape index (κ1) is 28.5. The number of amides is 2. The van der Waals surface area contributed by atoms with Crippen LogP contribution in [0.25, 0.3) is 33.5 Å². The number of hydrogen-bond donors (Lipinski definition) is 2. The van der Waals surface area contributed by atoms with E-state index in [1.165, 1.54) is 24.4 Å². The van der Waals surface area contributed by atoms with Gasteiger partial charge in [0.25, 0.3) is 5.91 Å². The monoisotopic (exact) mass is 612 g/mol. The quantitative estimate of drug-likeness (QED) is 0.285. The van der Waals surface area contributed by atoms with Crippen molar-refractivity contribution in [3.05, 3.63) is 53.8 Å². The molecule has 2 amide bonds. The molecule has 0 spiro atoms. The number of nitrogens with one attached hydrogen (secondary N) is 2. The Bertz CT molecular complexity index is 1810. The molecule has 2 aliphatic carbocycles. The molecule has 4 aromatic rings. The van der Waals surface area contributed by atoms with Crippen LogP contribution in [-0.4, -0.2) is 68.3 Å². The van der Waals surface area contributed by atoms with Crippen molar-refractivity contribution in [2.24, 2.45) is 17.8 Å². The third-order valence-electron chi connectivity index (χ3n) is 10.1. The number of carbonyl (C=O) groups is 2. The second-order valence-corrected chi connectivity index (χ2v) is 14.6. The maximum atomic E-state index is 16.2. The summed E-state index contributed by atoms with van der Waals surface area (Å²) in [5, 5.41) is 7.50. The SMILES string of the molecule is CC(C)(C)OC(=O)N[C@@H]1C2CCC1N(C(=O)c1cc(F)c3c(c1)nc(-c1cc4ccccc4n1CC1CC1)n3CC1CNC1)C2. The van der Waals surface area contributed by atoms with Crippen molar-refractivity contribution in [2.45, 2.75) is 77.2 Å². The lowest BCUT2D eigenvalue weighted by atomic mass is 10.0. The summed E-state index contributed by atoms with van der Waals surface area (Å²) in [7, 11) is 0. The highest BCUT2D eigenvalue weighted by atomic mass is 19.1. The number of benzene rings is 2. The van der Waals surface area contributed by atoms with Crippen LogP contribution in [0.5, 0.6) is 0 Å². The molecule has 2 bridgehead atoms. The summed E-state index contributed by atoms with van der Waals surface area (Å²) < 4.78 is 26.1. The Morgan fingerprint density at radius 3 is 2.53 bits per heavy atom. The van der Waals surface area contributed by atoms with Gasteiger partial charge < -0.3 is 29.4 Å². The molecular weight excluding hydrogens is 571 g/mol. The lowest BCUT2D eigenvalue weighted by Crippen LogP contribution is -2.46. The minimum absolute atomic E-state index is 0.147. The number of carbonyl (C=O) groups excluding carboxylic acids is 2. The number of hydrogen-bond acceptors (Lipinski definition) is 5. The van der Waals surface area contributed by atoms with Crippen LogP contribution < -0.4 is 10.6 Å². The van der Waals surface area contributed by atoms with Crippen LogP contribution in [0.1, 0.15) is 56.8 Å². The largest absolute Gasteiger partial charge is 0.444 e. The van der Waals surface area contributed by atoms with E-state index in [0.717, 1.165) is 49.4 Å². The fourth-order valence-electron chi connectivity index (χ4n) is 7.66. The number of rotatable bonds is 7. The summed E-state index contributed by atoms with van der Waals surface area (Å²) in [5.41, 5.74) is 2.79. The van der Waals surface area contributed by atoms with E-state index in [2.05, 4.69) is 39.5 Å². The number of aromatic nitrogens is 3. The summed E-state index contributed by atoms with van der Waals surface area (Å²) in [4.78, 5) is 33.4. The Kier molecular flexibility index (Phi) is 6.71. The van der Waals surface area contributed by atoms with Crippen molar-refractivity contribution in [1.29, 1.82) is 0 Å². The van der Waals surface area contributed by atoms with Crippen LogP contribution in [-0.2, 0) is 17.8 Å². The Morgan fingerprint density at radius 1 is 1.02 bits per heavy atom. The predicted molar refractivity (Wildman–Crippen MR) is 170 cm³/mol. The average molecular weight is 613 g/mol. The van der Waals surface area contributed by atoms with Gasteiger partial charge in [0.1, 0.15) is 16.9 Å². The third-order valence-corrected chi connectivity index (χ3v) is 10.1. The normalized spacial score (nSPS) is 23.2. The van der Waals surface area contributed by atoms with Gasteiger partial charge in [-0.2, -0.15) is 0 Å². The molecule has 2 saturated carbocycles. The lowest BCUT2D eigenvalue weighted by Gasteiger charge is -2.29. The van der Waals surface area contributed by atoms with Gasteiger partial charge in [-0.15, -0.1) is 0 Å². The van der Waals surface area contributed by atoms with Gasteiger partial charge in [-0.05, 0) is 82.6 Å². The molecule has 4 heterocycles. The maximum absolute atomic E-state index is 16.2. The van der Waals surface area contributed by atoms with Gasteiger partial charge in [-0.3, -0.25) is 4.79 Å². The smallest absolute Gasteiger partial charge is 0.407 e. The van der Waals surface area contributed by atoms with E-state index < -0.39 is 17.5 Å². The number of halogens is 1. The highest BCUT2D eigenvalue weighted by Crippen LogP contribution is 2.40. The van der Waals surface area contributed by atoms with Crippen LogP contribution in [0.2, 0.25) is 0 Å². The third kappa shape index (κ3) is 5.16. The molecule has 9 nitrogen and oxygen atoms in total. The molecule has 2 unspecified atom stereocenters. The number of ether oxygens (including phenoxy) is 1. The van der Waals surface area contributed by atoms with Crippen molar-refractivity contribution < 1.29 is 18.7 Å². The predicted octanol–water partition coefficient (Wildman–Crippen LogP) is 5.55. The first-order valence-corrected chi connectivity index (χ1v) is 16.4. The van der Waals surface area contributed by atoms with E-state index >= 15 is 4.39 Å². The Morgan fingerprint density at radius 2 is 1.80 bits per heavy atom. The number of imidazole rings is 1. The van der Waals surface area contributed by atoms with Gasteiger partial charge in [0, 0.05) is 55.1 Å². The van der Waals surface area contributed by atoms with Crippen molar-refractivity contribution >= 4 is 33.9 Å². The number of fused-ring (bicyclic) bond motifs is 4. The summed E-state index contributed by atoms with van der Waals surface area (Å²) in [5.74, 6) is 1.28. The number of nitrogens with zero attached hydrogens (tertiary/aromatic N) is 4. The first-order chi connectivity index (χ1) is 21.6. The van der Waals surface area contributed by atoms with Crippen LogP contribution >= 0.6 is 0 Å². The number of piperidine rings is 1. The molecule has 45 heavy (non-hydrogen) atoms. The Labute approximate surface area is 262 Å². The van der Waals surface area contributed by atoms with Gasteiger partial charge in [-0.25, -0.2) is 14.2 Å². The molecule has 8 rings (SSSR count). The average Bonchev–Trinajstić information content (AvgIpc) is 3.28. The molecule has 2 aromatic heterocycles. The summed E-state index contributed by atoms with van der Waals surface area (Å²) >= 11 is 0. The minimum atomic E-state index is -0.603. The van der Waals surface area contributed by atoms with E-state index in [1.807, 2.05) is 36.3 Å². The Hall–Kier alpha value is -3.92. The molecule has 2 saturated heterocycles. The molecule has 10 heteroatoms. The van der Waals surface area contributed by atoms with Crippen molar-refractivity contribution in [2.75, 3.05) is 19.6 Å². The lowest BCUT2D eigenvalue weighted by molar-refractivity contribution is 0.0485. The fourth-order valence-corrected chi connectivity index (χ4v) is 7.66. The molecule has 2 aliphatic heterocycles.